The maximum Gasteiger partial charge on any atom is 0.0401 e. The van der Waals surface area contributed by atoms with E-state index in [2.05, 4.69) is 17.9 Å². The quantitative estimate of drug-likeness (QED) is 0.531. The number of rotatable bonds is 0. The Hall–Kier alpha value is -2.46. The molecule has 0 radical (unpaired) electrons. The molecule has 80 valence electrons. The number of hydrogen-bond donors (Lipinski definition) is 1. The molecule has 0 saturated carbocycles. The summed E-state index contributed by atoms with van der Waals surface area (Å²) in [6, 6.07) is 10.1. The predicted octanol–water partition coefficient (Wildman–Crippen LogP) is 3.36. The Morgan fingerprint density at radius 2 is 1.82 bits per heavy atom. The highest BCUT2D eigenvalue weighted by atomic mass is 14.6. The zero-order chi connectivity index (χ0) is 11.7. The lowest BCUT2D eigenvalue weighted by molar-refractivity contribution is 1.64. The molecule has 1 nitrogen and oxygen atoms in total. The van der Waals surface area contributed by atoms with Crippen molar-refractivity contribution in [3.63, 3.8) is 0 Å². The molecule has 0 fully saturated rings. The summed E-state index contributed by atoms with van der Waals surface area (Å²) in [6.07, 6.45) is 7.81. The van der Waals surface area contributed by atoms with Crippen LogP contribution in [-0.2, 0) is 0 Å². The molecule has 0 unspecified atom stereocenters. The van der Waals surface area contributed by atoms with Crippen LogP contribution in [0.5, 0.6) is 0 Å². The standard InChI is InChI=1S/C16H11N/c17-16-11-12-7-3-1-2-4-8-13(12)14-9-5-6-10-15(14)16/h1-3,5-7,9-11H,17H2/b2-1-,3-1?,7-3?,12-7?. The van der Waals surface area contributed by atoms with Gasteiger partial charge in [0.2, 0.25) is 0 Å². The van der Waals surface area contributed by atoms with Crippen molar-refractivity contribution in [2.75, 3.05) is 5.73 Å². The van der Waals surface area contributed by atoms with Crippen molar-refractivity contribution < 1.29 is 0 Å². The van der Waals surface area contributed by atoms with E-state index < -0.39 is 0 Å². The van der Waals surface area contributed by atoms with Crippen molar-refractivity contribution in [1.29, 1.82) is 0 Å². The van der Waals surface area contributed by atoms with Gasteiger partial charge >= 0.3 is 0 Å². The van der Waals surface area contributed by atoms with Crippen molar-refractivity contribution in [1.82, 2.24) is 0 Å². The molecule has 1 aliphatic carbocycles. The van der Waals surface area contributed by atoms with Crippen molar-refractivity contribution >= 4 is 22.5 Å². The van der Waals surface area contributed by atoms with E-state index in [0.717, 1.165) is 27.6 Å². The van der Waals surface area contributed by atoms with E-state index >= 15 is 0 Å². The third-order valence-corrected chi connectivity index (χ3v) is 2.87. The van der Waals surface area contributed by atoms with E-state index in [0.29, 0.717) is 0 Å². The number of anilines is 1. The van der Waals surface area contributed by atoms with E-state index in [9.17, 15) is 0 Å². The summed E-state index contributed by atoms with van der Waals surface area (Å²) < 4.78 is 0. The van der Waals surface area contributed by atoms with Crippen molar-refractivity contribution in [3.8, 4) is 11.8 Å². The molecule has 0 aliphatic heterocycles. The first-order valence-corrected chi connectivity index (χ1v) is 5.52. The molecule has 1 heteroatoms. The normalized spacial score (nSPS) is 14.4. The predicted molar refractivity (Wildman–Crippen MR) is 73.4 cm³/mol. The molecular weight excluding hydrogens is 206 g/mol. The smallest absolute Gasteiger partial charge is 0.0401 e. The Morgan fingerprint density at radius 3 is 2.71 bits per heavy atom. The lowest BCUT2D eigenvalue weighted by atomic mass is 9.97. The first-order valence-electron chi connectivity index (χ1n) is 5.52. The fourth-order valence-corrected chi connectivity index (χ4v) is 2.07. The van der Waals surface area contributed by atoms with Crippen LogP contribution < -0.4 is 5.73 Å². The van der Waals surface area contributed by atoms with Crippen LogP contribution >= 0.6 is 0 Å². The van der Waals surface area contributed by atoms with Crippen LogP contribution in [-0.4, -0.2) is 0 Å². The van der Waals surface area contributed by atoms with Gasteiger partial charge in [0.15, 0.2) is 0 Å². The molecule has 0 aromatic heterocycles. The molecule has 0 saturated heterocycles. The van der Waals surface area contributed by atoms with Gasteiger partial charge in [0.1, 0.15) is 0 Å². The summed E-state index contributed by atoms with van der Waals surface area (Å²) in [5.74, 6) is 6.22. The van der Waals surface area contributed by atoms with Crippen LogP contribution in [0.25, 0.3) is 16.8 Å². The van der Waals surface area contributed by atoms with Crippen molar-refractivity contribution in [2.24, 2.45) is 0 Å². The lowest BCUT2D eigenvalue weighted by Crippen LogP contribution is -1.93. The van der Waals surface area contributed by atoms with Gasteiger partial charge in [-0.2, -0.15) is 0 Å². The fraction of sp³-hybridized carbons (Fsp3) is 0. The van der Waals surface area contributed by atoms with Gasteiger partial charge in [-0.05, 0) is 23.1 Å². The minimum Gasteiger partial charge on any atom is -0.398 e. The molecule has 0 atom stereocenters. The molecule has 2 aromatic carbocycles. The minimum atomic E-state index is 0.801. The van der Waals surface area contributed by atoms with Crippen molar-refractivity contribution in [2.45, 2.75) is 0 Å². The summed E-state index contributed by atoms with van der Waals surface area (Å²) in [5, 5.41) is 2.19. The Bertz CT molecular complexity index is 709. The maximum atomic E-state index is 6.07. The van der Waals surface area contributed by atoms with Gasteiger partial charge in [-0.3, -0.25) is 0 Å². The zero-order valence-electron chi connectivity index (χ0n) is 9.27. The first kappa shape index (κ1) is 9.74. The summed E-state index contributed by atoms with van der Waals surface area (Å²) in [7, 11) is 0. The molecule has 2 aromatic rings. The monoisotopic (exact) mass is 217 g/mol. The van der Waals surface area contributed by atoms with Crippen LogP contribution in [0.2, 0.25) is 0 Å². The number of nitrogen functional groups attached to an aromatic ring is 1. The van der Waals surface area contributed by atoms with Gasteiger partial charge in [-0.15, -0.1) is 0 Å². The summed E-state index contributed by atoms with van der Waals surface area (Å²) in [5.41, 5.74) is 9.00. The average Bonchev–Trinajstić information content (AvgIpc) is 2.32. The Morgan fingerprint density at radius 1 is 1.00 bits per heavy atom. The van der Waals surface area contributed by atoms with Crippen LogP contribution in [0.1, 0.15) is 11.1 Å². The molecule has 3 rings (SSSR count). The number of allylic oxidation sites excluding steroid dienone is 3. The Labute approximate surface area is 100 Å². The third kappa shape index (κ3) is 1.60. The summed E-state index contributed by atoms with van der Waals surface area (Å²) in [4.78, 5) is 0. The van der Waals surface area contributed by atoms with Gasteiger partial charge in [0.25, 0.3) is 0 Å². The van der Waals surface area contributed by atoms with Crippen LogP contribution in [0.3, 0.4) is 0 Å². The summed E-state index contributed by atoms with van der Waals surface area (Å²) in [6.45, 7) is 0. The van der Waals surface area contributed by atoms with Crippen LogP contribution in [0.15, 0.2) is 48.6 Å². The fourth-order valence-electron chi connectivity index (χ4n) is 2.07. The van der Waals surface area contributed by atoms with Crippen LogP contribution in [0, 0.1) is 11.8 Å². The molecule has 2 N–H and O–H groups in total. The lowest BCUT2D eigenvalue weighted by Gasteiger charge is -2.08. The largest absolute Gasteiger partial charge is 0.398 e. The summed E-state index contributed by atoms with van der Waals surface area (Å²) >= 11 is 0. The Kier molecular flexibility index (Phi) is 2.20. The molecule has 0 bridgehead atoms. The van der Waals surface area contributed by atoms with E-state index in [1.54, 1.807) is 0 Å². The van der Waals surface area contributed by atoms with E-state index in [1.165, 1.54) is 0 Å². The topological polar surface area (TPSA) is 26.0 Å². The zero-order valence-corrected chi connectivity index (χ0v) is 9.27. The molecule has 0 heterocycles. The second kappa shape index (κ2) is 3.84. The number of hydrogen-bond acceptors (Lipinski definition) is 1. The van der Waals surface area contributed by atoms with E-state index in [1.807, 2.05) is 48.6 Å². The highest BCUT2D eigenvalue weighted by Crippen LogP contribution is 2.28. The second-order valence-electron chi connectivity index (χ2n) is 3.96. The molecular formula is C16H11N. The van der Waals surface area contributed by atoms with Gasteiger partial charge in [0, 0.05) is 16.6 Å². The average molecular weight is 217 g/mol. The molecule has 0 spiro atoms. The van der Waals surface area contributed by atoms with E-state index in [4.69, 9.17) is 5.73 Å². The highest BCUT2D eigenvalue weighted by molar-refractivity contribution is 5.99. The van der Waals surface area contributed by atoms with Gasteiger partial charge < -0.3 is 5.73 Å². The molecule has 17 heavy (non-hydrogen) atoms. The molecule has 1 aliphatic rings. The second-order valence-corrected chi connectivity index (χ2v) is 3.96. The first-order chi connectivity index (χ1) is 8.36. The minimum absolute atomic E-state index is 0.801. The van der Waals surface area contributed by atoms with Gasteiger partial charge in [0.05, 0.1) is 0 Å². The maximum absolute atomic E-state index is 6.07. The number of fused-ring (bicyclic) bond motifs is 3. The SMILES string of the molecule is Nc1cc2c(c3ccccc13)C#C/C=C\C=C2. The number of benzene rings is 2. The Balaban J connectivity index is 2.46. The highest BCUT2D eigenvalue weighted by Gasteiger charge is 2.07. The number of nitrogens with two attached hydrogens (primary N) is 1. The van der Waals surface area contributed by atoms with Crippen LogP contribution in [0.4, 0.5) is 5.69 Å². The molecule has 0 amide bonds. The third-order valence-electron chi connectivity index (χ3n) is 2.87. The van der Waals surface area contributed by atoms with Gasteiger partial charge in [-0.1, -0.05) is 54.3 Å². The van der Waals surface area contributed by atoms with Gasteiger partial charge in [-0.25, -0.2) is 0 Å². The van der Waals surface area contributed by atoms with E-state index in [-0.39, 0.29) is 0 Å². The van der Waals surface area contributed by atoms with Crippen molar-refractivity contribution in [3.05, 3.63) is 59.7 Å².